The SMILES string of the molecule is O=C(COC(=O)c1ccccc1-c1ccccc1)Nc1ccc(F)c(F)c1F. The summed E-state index contributed by atoms with van der Waals surface area (Å²) >= 11 is 0. The van der Waals surface area contributed by atoms with Crippen molar-refractivity contribution in [3.05, 3.63) is 89.7 Å². The lowest BCUT2D eigenvalue weighted by Crippen LogP contribution is -2.22. The number of hydrogen-bond donors (Lipinski definition) is 1. The van der Waals surface area contributed by atoms with Crippen molar-refractivity contribution < 1.29 is 27.5 Å². The largest absolute Gasteiger partial charge is 0.452 e. The van der Waals surface area contributed by atoms with Crippen LogP contribution in [0.4, 0.5) is 18.9 Å². The van der Waals surface area contributed by atoms with Crippen molar-refractivity contribution >= 4 is 17.6 Å². The maximum atomic E-state index is 13.6. The Hall–Kier alpha value is -3.61. The Morgan fingerprint density at radius 3 is 2.25 bits per heavy atom. The molecule has 0 aliphatic carbocycles. The highest BCUT2D eigenvalue weighted by molar-refractivity contribution is 5.99. The minimum Gasteiger partial charge on any atom is -0.452 e. The third kappa shape index (κ3) is 4.20. The van der Waals surface area contributed by atoms with Crippen molar-refractivity contribution in [1.29, 1.82) is 0 Å². The second kappa shape index (κ2) is 8.39. The van der Waals surface area contributed by atoms with E-state index in [9.17, 15) is 22.8 Å². The summed E-state index contributed by atoms with van der Waals surface area (Å²) in [5.74, 6) is -6.25. The predicted molar refractivity (Wildman–Crippen MR) is 97.1 cm³/mol. The molecule has 1 N–H and O–H groups in total. The Kier molecular flexibility index (Phi) is 5.74. The number of hydrogen-bond acceptors (Lipinski definition) is 3. The maximum absolute atomic E-state index is 13.6. The number of esters is 1. The van der Waals surface area contributed by atoms with Crippen LogP contribution >= 0.6 is 0 Å². The van der Waals surface area contributed by atoms with E-state index in [0.29, 0.717) is 11.6 Å². The molecule has 0 aromatic heterocycles. The second-order valence-electron chi connectivity index (χ2n) is 5.76. The van der Waals surface area contributed by atoms with E-state index in [-0.39, 0.29) is 5.56 Å². The average Bonchev–Trinajstić information content (AvgIpc) is 2.73. The normalized spacial score (nSPS) is 10.4. The summed E-state index contributed by atoms with van der Waals surface area (Å²) in [6.07, 6.45) is 0. The molecule has 4 nitrogen and oxygen atoms in total. The summed E-state index contributed by atoms with van der Waals surface area (Å²) < 4.78 is 44.7. The molecule has 0 atom stereocenters. The molecular formula is C21H14F3NO3. The van der Waals surface area contributed by atoms with Crippen molar-refractivity contribution in [1.82, 2.24) is 0 Å². The fourth-order valence-corrected chi connectivity index (χ4v) is 2.55. The van der Waals surface area contributed by atoms with Gasteiger partial charge in [-0.2, -0.15) is 0 Å². The molecule has 28 heavy (non-hydrogen) atoms. The number of rotatable bonds is 5. The Balaban J connectivity index is 1.68. The van der Waals surface area contributed by atoms with Crippen LogP contribution in [0.1, 0.15) is 10.4 Å². The molecular weight excluding hydrogens is 371 g/mol. The van der Waals surface area contributed by atoms with Gasteiger partial charge in [0.1, 0.15) is 0 Å². The number of anilines is 1. The van der Waals surface area contributed by atoms with Crippen LogP contribution in [0.5, 0.6) is 0 Å². The predicted octanol–water partition coefficient (Wildman–Crippen LogP) is 4.57. The molecule has 3 rings (SSSR count). The van der Waals surface area contributed by atoms with Crippen LogP contribution in [-0.2, 0) is 9.53 Å². The van der Waals surface area contributed by atoms with Gasteiger partial charge in [-0.25, -0.2) is 18.0 Å². The first-order valence-corrected chi connectivity index (χ1v) is 8.22. The van der Waals surface area contributed by atoms with Crippen molar-refractivity contribution in [2.24, 2.45) is 0 Å². The molecule has 0 radical (unpaired) electrons. The van der Waals surface area contributed by atoms with Gasteiger partial charge < -0.3 is 10.1 Å². The monoisotopic (exact) mass is 385 g/mol. The molecule has 0 fully saturated rings. The first-order chi connectivity index (χ1) is 13.5. The summed E-state index contributed by atoms with van der Waals surface area (Å²) in [7, 11) is 0. The number of halogens is 3. The summed E-state index contributed by atoms with van der Waals surface area (Å²) in [6, 6.07) is 17.4. The zero-order valence-corrected chi connectivity index (χ0v) is 14.4. The van der Waals surface area contributed by atoms with Crippen LogP contribution in [0.25, 0.3) is 11.1 Å². The zero-order chi connectivity index (χ0) is 20.1. The maximum Gasteiger partial charge on any atom is 0.339 e. The number of nitrogens with one attached hydrogen (secondary N) is 1. The van der Waals surface area contributed by atoms with Gasteiger partial charge >= 0.3 is 5.97 Å². The first kappa shape index (κ1) is 19.2. The van der Waals surface area contributed by atoms with Crippen LogP contribution in [0.3, 0.4) is 0 Å². The molecule has 0 heterocycles. The molecule has 142 valence electrons. The molecule has 0 unspecified atom stereocenters. The van der Waals surface area contributed by atoms with Gasteiger partial charge in [-0.1, -0.05) is 48.5 Å². The number of ether oxygens (including phenoxy) is 1. The summed E-state index contributed by atoms with van der Waals surface area (Å²) in [5.41, 5.74) is 1.12. The van der Waals surface area contributed by atoms with E-state index < -0.39 is 41.6 Å². The minimum absolute atomic E-state index is 0.250. The van der Waals surface area contributed by atoms with Gasteiger partial charge in [0.2, 0.25) is 0 Å². The van der Waals surface area contributed by atoms with Gasteiger partial charge in [0, 0.05) is 0 Å². The lowest BCUT2D eigenvalue weighted by molar-refractivity contribution is -0.119. The summed E-state index contributed by atoms with van der Waals surface area (Å²) in [6.45, 7) is -0.722. The van der Waals surface area contributed by atoms with Crippen molar-refractivity contribution in [2.45, 2.75) is 0 Å². The van der Waals surface area contributed by atoms with Crippen LogP contribution in [0.2, 0.25) is 0 Å². The smallest absolute Gasteiger partial charge is 0.339 e. The van der Waals surface area contributed by atoms with Gasteiger partial charge in [-0.15, -0.1) is 0 Å². The summed E-state index contributed by atoms with van der Waals surface area (Å²) in [5, 5.41) is 2.03. The van der Waals surface area contributed by atoms with E-state index in [1.807, 2.05) is 35.6 Å². The van der Waals surface area contributed by atoms with Crippen LogP contribution < -0.4 is 5.32 Å². The van der Waals surface area contributed by atoms with Gasteiger partial charge in [0.15, 0.2) is 24.1 Å². The van der Waals surface area contributed by atoms with Crippen molar-refractivity contribution in [3.8, 4) is 11.1 Å². The van der Waals surface area contributed by atoms with E-state index >= 15 is 0 Å². The Morgan fingerprint density at radius 1 is 0.821 bits per heavy atom. The number of amides is 1. The standard InChI is InChI=1S/C21H14F3NO3/c22-16-10-11-17(20(24)19(16)23)25-18(26)12-28-21(27)15-9-5-4-8-14(15)13-6-2-1-3-7-13/h1-11H,12H2,(H,25,26). The lowest BCUT2D eigenvalue weighted by Gasteiger charge is -2.10. The van der Waals surface area contributed by atoms with E-state index in [0.717, 1.165) is 11.6 Å². The highest BCUT2D eigenvalue weighted by Gasteiger charge is 2.18. The van der Waals surface area contributed by atoms with Gasteiger partial charge in [0.25, 0.3) is 5.91 Å². The Labute approximate surface area is 158 Å². The molecule has 3 aromatic carbocycles. The van der Waals surface area contributed by atoms with E-state index in [2.05, 4.69) is 0 Å². The van der Waals surface area contributed by atoms with Crippen LogP contribution in [-0.4, -0.2) is 18.5 Å². The number of carbonyl (C=O) groups excluding carboxylic acids is 2. The van der Waals surface area contributed by atoms with Crippen LogP contribution in [0.15, 0.2) is 66.7 Å². The first-order valence-electron chi connectivity index (χ1n) is 8.22. The number of carbonyl (C=O) groups is 2. The summed E-state index contributed by atoms with van der Waals surface area (Å²) in [4.78, 5) is 24.3. The van der Waals surface area contributed by atoms with E-state index in [1.165, 1.54) is 0 Å². The highest BCUT2D eigenvalue weighted by Crippen LogP contribution is 2.24. The van der Waals surface area contributed by atoms with E-state index in [4.69, 9.17) is 4.74 Å². The lowest BCUT2D eigenvalue weighted by atomic mass is 10.00. The molecule has 0 aliphatic rings. The zero-order valence-electron chi connectivity index (χ0n) is 14.4. The van der Waals surface area contributed by atoms with Crippen molar-refractivity contribution in [3.63, 3.8) is 0 Å². The fraction of sp³-hybridized carbons (Fsp3) is 0.0476. The molecule has 0 saturated heterocycles. The quantitative estimate of drug-likeness (QED) is 0.517. The van der Waals surface area contributed by atoms with Crippen LogP contribution in [0, 0.1) is 17.5 Å². The average molecular weight is 385 g/mol. The third-order valence-corrected chi connectivity index (χ3v) is 3.88. The Bertz CT molecular complexity index is 1020. The molecule has 1 amide bonds. The molecule has 0 spiro atoms. The fourth-order valence-electron chi connectivity index (χ4n) is 2.55. The molecule has 7 heteroatoms. The third-order valence-electron chi connectivity index (χ3n) is 3.88. The minimum atomic E-state index is -1.70. The Morgan fingerprint density at radius 2 is 1.50 bits per heavy atom. The van der Waals surface area contributed by atoms with Gasteiger partial charge in [-0.3, -0.25) is 4.79 Å². The topological polar surface area (TPSA) is 55.4 Å². The van der Waals surface area contributed by atoms with E-state index in [1.54, 1.807) is 24.3 Å². The highest BCUT2D eigenvalue weighted by atomic mass is 19.2. The molecule has 0 aliphatic heterocycles. The molecule has 3 aromatic rings. The number of benzene rings is 3. The second-order valence-corrected chi connectivity index (χ2v) is 5.76. The molecule has 0 saturated carbocycles. The molecule has 0 bridgehead atoms. The van der Waals surface area contributed by atoms with Crippen molar-refractivity contribution in [2.75, 3.05) is 11.9 Å². The van der Waals surface area contributed by atoms with Gasteiger partial charge in [0.05, 0.1) is 11.3 Å². The van der Waals surface area contributed by atoms with Gasteiger partial charge in [-0.05, 0) is 29.3 Å².